The van der Waals surface area contributed by atoms with Gasteiger partial charge in [0.1, 0.15) is 11.4 Å². The first-order chi connectivity index (χ1) is 14.8. The highest BCUT2D eigenvalue weighted by Gasteiger charge is 2.54. The van der Waals surface area contributed by atoms with Gasteiger partial charge in [-0.1, -0.05) is 25.8 Å². The van der Waals surface area contributed by atoms with Crippen molar-refractivity contribution in [2.24, 2.45) is 16.8 Å². The van der Waals surface area contributed by atoms with Crippen molar-refractivity contribution >= 4 is 29.4 Å². The molecule has 0 saturated carbocycles. The van der Waals surface area contributed by atoms with Crippen LogP contribution in [0.25, 0.3) is 0 Å². The maximum absolute atomic E-state index is 13.4. The number of hydrogen-bond donors (Lipinski definition) is 0. The summed E-state index contributed by atoms with van der Waals surface area (Å²) in [5, 5.41) is 0. The van der Waals surface area contributed by atoms with Gasteiger partial charge in [-0.2, -0.15) is 0 Å². The van der Waals surface area contributed by atoms with Crippen molar-refractivity contribution in [3.8, 4) is 5.75 Å². The Balaban J connectivity index is 1.68. The summed E-state index contributed by atoms with van der Waals surface area (Å²) in [7, 11) is 1.71. The van der Waals surface area contributed by atoms with Crippen LogP contribution in [-0.4, -0.2) is 77.4 Å². The third-order valence-corrected chi connectivity index (χ3v) is 6.02. The Labute approximate surface area is 183 Å². The maximum atomic E-state index is 13.4. The summed E-state index contributed by atoms with van der Waals surface area (Å²) in [4.78, 5) is 36.2. The van der Waals surface area contributed by atoms with E-state index in [1.54, 1.807) is 11.9 Å². The first-order valence-corrected chi connectivity index (χ1v) is 11.1. The number of rotatable bonds is 6. The number of fused-ring (bicyclic) bond motifs is 2. The number of ether oxygens (including phenoxy) is 1. The van der Waals surface area contributed by atoms with Gasteiger partial charge in [0.25, 0.3) is 5.91 Å². The first kappa shape index (κ1) is 21.3. The van der Waals surface area contributed by atoms with Crippen molar-refractivity contribution < 1.29 is 18.9 Å². The Hall–Kier alpha value is -2.90. The highest BCUT2D eigenvalue weighted by molar-refractivity contribution is 6.24. The smallest absolute Gasteiger partial charge is 0.397 e. The van der Waals surface area contributed by atoms with Crippen molar-refractivity contribution in [1.29, 1.82) is 0 Å². The lowest BCUT2D eigenvalue weighted by Gasteiger charge is -2.35. The molecular weight excluding hydrogens is 394 g/mol. The lowest BCUT2D eigenvalue weighted by molar-refractivity contribution is -0.545. The van der Waals surface area contributed by atoms with E-state index in [9.17, 15) is 9.59 Å². The topological polar surface area (TPSA) is 68.5 Å². The second kappa shape index (κ2) is 8.32. The van der Waals surface area contributed by atoms with Gasteiger partial charge in [0, 0.05) is 19.5 Å². The summed E-state index contributed by atoms with van der Waals surface area (Å²) in [6.07, 6.45) is 0.787. The van der Waals surface area contributed by atoms with E-state index in [1.165, 1.54) is 4.90 Å². The van der Waals surface area contributed by atoms with E-state index >= 15 is 0 Å². The molecule has 4 rings (SSSR count). The number of hydrogen-bond acceptors (Lipinski definition) is 5. The second-order valence-electron chi connectivity index (χ2n) is 8.98. The number of benzene rings is 1. The van der Waals surface area contributed by atoms with Gasteiger partial charge < -0.3 is 4.74 Å². The third-order valence-electron chi connectivity index (χ3n) is 6.02. The predicted octanol–water partition coefficient (Wildman–Crippen LogP) is 2.63. The van der Waals surface area contributed by atoms with E-state index in [2.05, 4.69) is 30.2 Å². The summed E-state index contributed by atoms with van der Waals surface area (Å²) in [5.74, 6) is 2.67. The summed E-state index contributed by atoms with van der Waals surface area (Å²) < 4.78 is 7.63. The lowest BCUT2D eigenvalue weighted by Crippen LogP contribution is -2.63. The van der Waals surface area contributed by atoms with E-state index in [-0.39, 0.29) is 11.9 Å². The fraction of sp³-hybridized carbons (Fsp3) is 0.565. The molecule has 8 nitrogen and oxygen atoms in total. The van der Waals surface area contributed by atoms with E-state index < -0.39 is 6.04 Å². The molecule has 1 aromatic carbocycles. The molecule has 0 radical (unpaired) electrons. The number of imide groups is 1. The molecule has 0 spiro atoms. The molecule has 3 heterocycles. The fourth-order valence-electron chi connectivity index (χ4n) is 4.40. The van der Waals surface area contributed by atoms with Crippen molar-refractivity contribution in [3.63, 3.8) is 0 Å². The minimum atomic E-state index is -0.544. The fourth-order valence-corrected chi connectivity index (χ4v) is 4.40. The van der Waals surface area contributed by atoms with Crippen molar-refractivity contribution in [1.82, 2.24) is 9.80 Å². The van der Waals surface area contributed by atoms with Crippen LogP contribution in [0, 0.1) is 11.8 Å². The van der Waals surface area contributed by atoms with Gasteiger partial charge in [-0.05, 0) is 43.5 Å². The molecule has 2 unspecified atom stereocenters. The molecule has 0 bridgehead atoms. The molecule has 0 aliphatic carbocycles. The maximum Gasteiger partial charge on any atom is 0.397 e. The lowest BCUT2D eigenvalue weighted by atomic mass is 10.1. The van der Waals surface area contributed by atoms with Crippen LogP contribution in [0.2, 0.25) is 0 Å². The molecule has 3 aliphatic rings. The highest BCUT2D eigenvalue weighted by atomic mass is 16.5. The van der Waals surface area contributed by atoms with Crippen molar-refractivity contribution in [3.05, 3.63) is 24.3 Å². The minimum Gasteiger partial charge on any atom is -0.494 e. The molecule has 166 valence electrons. The zero-order valence-electron chi connectivity index (χ0n) is 19.0. The van der Waals surface area contributed by atoms with Crippen LogP contribution in [0.15, 0.2) is 29.3 Å². The van der Waals surface area contributed by atoms with E-state index in [1.807, 2.05) is 31.2 Å². The van der Waals surface area contributed by atoms with Crippen molar-refractivity contribution in [2.75, 3.05) is 38.2 Å². The van der Waals surface area contributed by atoms with Gasteiger partial charge in [0.2, 0.25) is 11.9 Å². The Morgan fingerprint density at radius 3 is 2.58 bits per heavy atom. The molecule has 1 fully saturated rings. The monoisotopic (exact) mass is 426 g/mol. The third kappa shape index (κ3) is 3.79. The summed E-state index contributed by atoms with van der Waals surface area (Å²) >= 11 is 0. The number of anilines is 1. The van der Waals surface area contributed by atoms with Gasteiger partial charge in [-0.3, -0.25) is 14.6 Å². The molecule has 3 aliphatic heterocycles. The average Bonchev–Trinajstić information content (AvgIpc) is 3.12. The molecule has 8 heteroatoms. The zero-order chi connectivity index (χ0) is 22.3. The minimum absolute atomic E-state index is 0.168. The standard InChI is InChI=1S/C23H32N5O3/c1-6-31-18-9-7-17(8-10-18)27-13-16(4)14-28-19-20(24-22(27)28)25(5)23(30)26(21(19)29)12-11-15(2)3/h7-10,15-16,19H,6,11-14H2,1-5H3/q+1. The Morgan fingerprint density at radius 1 is 1.23 bits per heavy atom. The summed E-state index contributed by atoms with van der Waals surface area (Å²) in [6, 6.07) is 7.10. The SMILES string of the molecule is CCOc1ccc(N2CC(C)C[N+]3=C2N=C2C3C(=O)N(CCC(C)C)C(=O)N2C)cc1. The molecule has 3 amide bonds. The number of urea groups is 1. The average molecular weight is 427 g/mol. The highest BCUT2D eigenvalue weighted by Crippen LogP contribution is 2.29. The van der Waals surface area contributed by atoms with Crippen LogP contribution in [0.1, 0.15) is 34.1 Å². The molecule has 0 aromatic heterocycles. The molecular formula is C23H32N5O3+. The Bertz CT molecular complexity index is 937. The largest absolute Gasteiger partial charge is 0.494 e. The molecule has 2 atom stereocenters. The van der Waals surface area contributed by atoms with E-state index in [0.717, 1.165) is 36.9 Å². The number of likely N-dealkylation sites (N-methyl/N-ethyl adjacent to an activating group) is 1. The van der Waals surface area contributed by atoms with Crippen LogP contribution in [-0.2, 0) is 4.79 Å². The molecule has 0 N–H and O–H groups in total. The van der Waals surface area contributed by atoms with Crippen LogP contribution in [0.4, 0.5) is 10.5 Å². The van der Waals surface area contributed by atoms with Crippen LogP contribution in [0.5, 0.6) is 5.75 Å². The Kier molecular flexibility index (Phi) is 5.73. The first-order valence-electron chi connectivity index (χ1n) is 11.1. The van der Waals surface area contributed by atoms with Crippen LogP contribution >= 0.6 is 0 Å². The molecule has 31 heavy (non-hydrogen) atoms. The number of carbonyl (C=O) groups is 2. The zero-order valence-corrected chi connectivity index (χ0v) is 19.0. The van der Waals surface area contributed by atoms with Gasteiger partial charge in [0.05, 0.1) is 19.7 Å². The number of guanidine groups is 1. The normalized spacial score (nSPS) is 23.4. The Morgan fingerprint density at radius 2 is 1.94 bits per heavy atom. The van der Waals surface area contributed by atoms with E-state index in [4.69, 9.17) is 9.73 Å². The molecule has 1 aromatic rings. The number of amidine groups is 1. The second-order valence-corrected chi connectivity index (χ2v) is 8.98. The number of carbonyl (C=O) groups excluding carboxylic acids is 2. The van der Waals surface area contributed by atoms with Crippen LogP contribution in [0.3, 0.4) is 0 Å². The van der Waals surface area contributed by atoms with Crippen molar-refractivity contribution in [2.45, 2.75) is 40.2 Å². The molecule has 1 saturated heterocycles. The summed E-state index contributed by atoms with van der Waals surface area (Å²) in [6.45, 7) is 10.9. The van der Waals surface area contributed by atoms with Gasteiger partial charge in [-0.25, -0.2) is 14.3 Å². The van der Waals surface area contributed by atoms with Crippen LogP contribution < -0.4 is 9.64 Å². The van der Waals surface area contributed by atoms with Gasteiger partial charge >= 0.3 is 12.0 Å². The quantitative estimate of drug-likeness (QED) is 0.656. The van der Waals surface area contributed by atoms with Gasteiger partial charge in [0.15, 0.2) is 0 Å². The summed E-state index contributed by atoms with van der Waals surface area (Å²) in [5.41, 5.74) is 0.996. The predicted molar refractivity (Wildman–Crippen MR) is 120 cm³/mol. The van der Waals surface area contributed by atoms with Gasteiger partial charge in [-0.15, -0.1) is 0 Å². The number of aliphatic imine (C=N–C) groups is 1. The van der Waals surface area contributed by atoms with E-state index in [0.29, 0.717) is 30.8 Å². The number of amides is 3. The number of nitrogens with zero attached hydrogens (tertiary/aromatic N) is 5.